The predicted molar refractivity (Wildman–Crippen MR) is 74.9 cm³/mol. The zero-order chi connectivity index (χ0) is 12.2. The molecule has 0 aromatic carbocycles. The van der Waals surface area contributed by atoms with Crippen LogP contribution in [0.5, 0.6) is 0 Å². The Morgan fingerprint density at radius 2 is 1.56 bits per heavy atom. The summed E-state index contributed by atoms with van der Waals surface area (Å²) in [4.78, 5) is 0. The van der Waals surface area contributed by atoms with E-state index in [4.69, 9.17) is 0 Å². The van der Waals surface area contributed by atoms with Gasteiger partial charge in [-0.1, -0.05) is 52.9 Å². The maximum atomic E-state index is 3.56. The van der Waals surface area contributed by atoms with Crippen molar-refractivity contribution in [3.8, 4) is 0 Å². The third kappa shape index (κ3) is 10.5. The summed E-state index contributed by atoms with van der Waals surface area (Å²) < 4.78 is 0. The number of hydrogen-bond acceptors (Lipinski definition) is 1. The molecule has 0 spiro atoms. The van der Waals surface area contributed by atoms with Gasteiger partial charge in [0.05, 0.1) is 0 Å². The van der Waals surface area contributed by atoms with Crippen LogP contribution in [0.25, 0.3) is 0 Å². The summed E-state index contributed by atoms with van der Waals surface area (Å²) in [6, 6.07) is 0.694. The van der Waals surface area contributed by atoms with Gasteiger partial charge in [0.25, 0.3) is 0 Å². The number of hydrogen-bond donors (Lipinski definition) is 1. The van der Waals surface area contributed by atoms with Crippen molar-refractivity contribution < 1.29 is 0 Å². The van der Waals surface area contributed by atoms with Crippen LogP contribution in [-0.2, 0) is 0 Å². The third-order valence-electron chi connectivity index (χ3n) is 3.53. The first-order valence-corrected chi connectivity index (χ1v) is 7.44. The van der Waals surface area contributed by atoms with Crippen LogP contribution in [0.3, 0.4) is 0 Å². The minimum Gasteiger partial charge on any atom is -0.314 e. The second kappa shape index (κ2) is 11.4. The first-order valence-electron chi connectivity index (χ1n) is 7.44. The highest BCUT2D eigenvalue weighted by atomic mass is 14.9. The standard InChI is InChI=1S/C15H33N/c1-5-7-8-9-11-14(3)12-10-13-16-15(4)6-2/h14-16H,5-13H2,1-4H3/t14-,15?/m0/s1. The van der Waals surface area contributed by atoms with E-state index in [0.717, 1.165) is 5.92 Å². The van der Waals surface area contributed by atoms with Crippen molar-refractivity contribution in [2.75, 3.05) is 6.54 Å². The molecule has 0 radical (unpaired) electrons. The molecule has 0 heterocycles. The zero-order valence-corrected chi connectivity index (χ0v) is 12.0. The molecule has 1 N–H and O–H groups in total. The molecule has 98 valence electrons. The normalized spacial score (nSPS) is 15.0. The lowest BCUT2D eigenvalue weighted by Crippen LogP contribution is -2.26. The molecule has 1 heteroatoms. The highest BCUT2D eigenvalue weighted by Crippen LogP contribution is 2.15. The second-order valence-corrected chi connectivity index (χ2v) is 5.36. The Labute approximate surface area is 103 Å². The topological polar surface area (TPSA) is 12.0 Å². The van der Waals surface area contributed by atoms with Crippen molar-refractivity contribution in [3.63, 3.8) is 0 Å². The van der Waals surface area contributed by atoms with E-state index in [9.17, 15) is 0 Å². The van der Waals surface area contributed by atoms with Gasteiger partial charge in [-0.2, -0.15) is 0 Å². The molecular formula is C15H33N. The summed E-state index contributed by atoms with van der Waals surface area (Å²) in [6.45, 7) is 10.4. The van der Waals surface area contributed by atoms with Crippen molar-refractivity contribution >= 4 is 0 Å². The highest BCUT2D eigenvalue weighted by molar-refractivity contribution is 4.60. The van der Waals surface area contributed by atoms with Crippen LogP contribution in [0.1, 0.15) is 79.1 Å². The Hall–Kier alpha value is -0.0400. The zero-order valence-electron chi connectivity index (χ0n) is 12.0. The Bertz CT molecular complexity index is 133. The van der Waals surface area contributed by atoms with E-state index < -0.39 is 0 Å². The van der Waals surface area contributed by atoms with Crippen molar-refractivity contribution in [1.82, 2.24) is 5.32 Å². The summed E-state index contributed by atoms with van der Waals surface area (Å²) >= 11 is 0. The Morgan fingerprint density at radius 3 is 2.19 bits per heavy atom. The largest absolute Gasteiger partial charge is 0.314 e. The fourth-order valence-electron chi connectivity index (χ4n) is 2.01. The van der Waals surface area contributed by atoms with Crippen molar-refractivity contribution in [2.45, 2.75) is 85.1 Å². The molecule has 0 saturated heterocycles. The summed E-state index contributed by atoms with van der Waals surface area (Å²) in [5.41, 5.74) is 0. The smallest absolute Gasteiger partial charge is 0.00360 e. The van der Waals surface area contributed by atoms with Gasteiger partial charge in [-0.25, -0.2) is 0 Å². The molecule has 1 unspecified atom stereocenters. The average molecular weight is 227 g/mol. The molecule has 0 amide bonds. The van der Waals surface area contributed by atoms with Crippen LogP contribution in [0.15, 0.2) is 0 Å². The predicted octanol–water partition coefficient (Wildman–Crippen LogP) is 4.76. The van der Waals surface area contributed by atoms with Gasteiger partial charge in [0.2, 0.25) is 0 Å². The lowest BCUT2D eigenvalue weighted by molar-refractivity contribution is 0.427. The van der Waals surface area contributed by atoms with E-state index in [-0.39, 0.29) is 0 Å². The lowest BCUT2D eigenvalue weighted by atomic mass is 9.98. The van der Waals surface area contributed by atoms with Gasteiger partial charge < -0.3 is 5.32 Å². The average Bonchev–Trinajstić information content (AvgIpc) is 2.30. The molecule has 0 saturated carbocycles. The molecule has 0 fully saturated rings. The Morgan fingerprint density at radius 1 is 0.875 bits per heavy atom. The van der Waals surface area contributed by atoms with E-state index in [2.05, 4.69) is 33.0 Å². The fraction of sp³-hybridized carbons (Fsp3) is 1.00. The maximum Gasteiger partial charge on any atom is 0.00360 e. The minimum atomic E-state index is 0.694. The van der Waals surface area contributed by atoms with Crippen LogP contribution in [0.4, 0.5) is 0 Å². The van der Waals surface area contributed by atoms with Gasteiger partial charge in [0.1, 0.15) is 0 Å². The number of rotatable bonds is 11. The Balaban J connectivity index is 3.20. The van der Waals surface area contributed by atoms with Gasteiger partial charge in [-0.05, 0) is 38.6 Å². The van der Waals surface area contributed by atoms with Crippen LogP contribution >= 0.6 is 0 Å². The molecule has 0 aliphatic carbocycles. The van der Waals surface area contributed by atoms with Gasteiger partial charge in [-0.15, -0.1) is 0 Å². The van der Waals surface area contributed by atoms with Crippen molar-refractivity contribution in [3.05, 3.63) is 0 Å². The third-order valence-corrected chi connectivity index (χ3v) is 3.53. The highest BCUT2D eigenvalue weighted by Gasteiger charge is 2.02. The van der Waals surface area contributed by atoms with Crippen molar-refractivity contribution in [2.24, 2.45) is 5.92 Å². The molecule has 0 bridgehead atoms. The van der Waals surface area contributed by atoms with E-state index in [1.165, 1.54) is 57.9 Å². The molecule has 16 heavy (non-hydrogen) atoms. The summed E-state index contributed by atoms with van der Waals surface area (Å²) in [7, 11) is 0. The maximum absolute atomic E-state index is 3.56. The van der Waals surface area contributed by atoms with Crippen LogP contribution in [0.2, 0.25) is 0 Å². The van der Waals surface area contributed by atoms with Gasteiger partial charge in [0, 0.05) is 6.04 Å². The molecule has 0 aromatic rings. The molecule has 0 aromatic heterocycles. The van der Waals surface area contributed by atoms with Crippen LogP contribution in [-0.4, -0.2) is 12.6 Å². The van der Waals surface area contributed by atoms with Gasteiger partial charge in [-0.3, -0.25) is 0 Å². The summed E-state index contributed by atoms with van der Waals surface area (Å²) in [6.07, 6.45) is 11.1. The fourth-order valence-corrected chi connectivity index (χ4v) is 2.01. The van der Waals surface area contributed by atoms with E-state index in [1.54, 1.807) is 0 Å². The Kier molecular flexibility index (Phi) is 11.4. The van der Waals surface area contributed by atoms with Gasteiger partial charge in [0.15, 0.2) is 0 Å². The molecule has 2 atom stereocenters. The van der Waals surface area contributed by atoms with E-state index in [1.807, 2.05) is 0 Å². The minimum absolute atomic E-state index is 0.694. The van der Waals surface area contributed by atoms with E-state index >= 15 is 0 Å². The molecular weight excluding hydrogens is 194 g/mol. The monoisotopic (exact) mass is 227 g/mol. The van der Waals surface area contributed by atoms with Crippen molar-refractivity contribution in [1.29, 1.82) is 0 Å². The van der Waals surface area contributed by atoms with Gasteiger partial charge >= 0.3 is 0 Å². The van der Waals surface area contributed by atoms with Crippen LogP contribution < -0.4 is 5.32 Å². The first-order chi connectivity index (χ1) is 7.70. The van der Waals surface area contributed by atoms with Crippen LogP contribution in [0, 0.1) is 5.92 Å². The number of unbranched alkanes of at least 4 members (excludes halogenated alkanes) is 3. The van der Waals surface area contributed by atoms with E-state index in [0.29, 0.717) is 6.04 Å². The number of nitrogens with one attached hydrogen (secondary N) is 1. The second-order valence-electron chi connectivity index (χ2n) is 5.36. The molecule has 0 rings (SSSR count). The molecule has 0 aliphatic rings. The first kappa shape index (κ1) is 16.0. The summed E-state index contributed by atoms with van der Waals surface area (Å²) in [5, 5.41) is 3.56. The molecule has 0 aliphatic heterocycles. The lowest BCUT2D eigenvalue weighted by Gasteiger charge is -2.14. The quantitative estimate of drug-likeness (QED) is 0.502. The SMILES string of the molecule is CCCCCC[C@H](C)CCCNC(C)CC. The molecule has 1 nitrogen and oxygen atoms in total. The summed E-state index contributed by atoms with van der Waals surface area (Å²) in [5.74, 6) is 0.926.